The lowest BCUT2D eigenvalue weighted by Gasteiger charge is -2.18. The first-order valence-electron chi connectivity index (χ1n) is 8.11. The lowest BCUT2D eigenvalue weighted by molar-refractivity contribution is -0.132. The number of carbonyl (C=O) groups excluding carboxylic acids is 1. The van der Waals surface area contributed by atoms with Gasteiger partial charge in [0.05, 0.1) is 7.11 Å². The molecule has 3 rings (SSSR count). The molecule has 0 saturated heterocycles. The van der Waals surface area contributed by atoms with Gasteiger partial charge in [0, 0.05) is 19.8 Å². The Labute approximate surface area is 157 Å². The third kappa shape index (κ3) is 4.24. The molecule has 0 fully saturated rings. The third-order valence-electron chi connectivity index (χ3n) is 4.03. The normalized spacial score (nSPS) is 10.6. The van der Waals surface area contributed by atoms with E-state index >= 15 is 0 Å². The van der Waals surface area contributed by atoms with Crippen LogP contribution in [0.2, 0.25) is 5.15 Å². The Balaban J connectivity index is 1.63. The van der Waals surface area contributed by atoms with E-state index in [1.165, 1.54) is 0 Å². The Morgan fingerprint density at radius 1 is 1.15 bits per heavy atom. The zero-order chi connectivity index (χ0) is 18.5. The number of ether oxygens (including phenoxy) is 2. The number of fused-ring (bicyclic) bond motifs is 1. The highest BCUT2D eigenvalue weighted by molar-refractivity contribution is 6.30. The van der Waals surface area contributed by atoms with Gasteiger partial charge in [0.15, 0.2) is 17.5 Å². The summed E-state index contributed by atoms with van der Waals surface area (Å²) in [7, 11) is 3.39. The van der Waals surface area contributed by atoms with Crippen molar-refractivity contribution in [2.75, 3.05) is 20.8 Å². The van der Waals surface area contributed by atoms with Crippen LogP contribution in [0, 0.1) is 0 Å². The number of carbonyl (C=O) groups is 1. The number of rotatable bonds is 6. The molecule has 0 aliphatic heterocycles. The molecular formula is C20H19ClN2O3. The van der Waals surface area contributed by atoms with Gasteiger partial charge >= 0.3 is 0 Å². The van der Waals surface area contributed by atoms with E-state index in [-0.39, 0.29) is 17.7 Å². The first-order valence-corrected chi connectivity index (χ1v) is 8.48. The van der Waals surface area contributed by atoms with Crippen molar-refractivity contribution < 1.29 is 14.3 Å². The minimum Gasteiger partial charge on any atom is -0.497 e. The Bertz CT molecular complexity index is 930. The molecule has 1 aromatic heterocycles. The number of nitrogens with zero attached hydrogens (tertiary/aromatic N) is 2. The highest BCUT2D eigenvalue weighted by Gasteiger charge is 2.12. The molecule has 0 unspecified atom stereocenters. The highest BCUT2D eigenvalue weighted by Crippen LogP contribution is 2.23. The van der Waals surface area contributed by atoms with E-state index in [4.69, 9.17) is 21.1 Å². The summed E-state index contributed by atoms with van der Waals surface area (Å²) in [5.41, 5.74) is 1.04. The van der Waals surface area contributed by atoms with E-state index in [1.54, 1.807) is 37.4 Å². The molecule has 0 N–H and O–H groups in total. The summed E-state index contributed by atoms with van der Waals surface area (Å²) in [6, 6.07) is 15.4. The number of hydrogen-bond donors (Lipinski definition) is 0. The highest BCUT2D eigenvalue weighted by atomic mass is 35.5. The Hall–Kier alpha value is -2.79. The zero-order valence-corrected chi connectivity index (χ0v) is 15.4. The van der Waals surface area contributed by atoms with E-state index < -0.39 is 0 Å². The second kappa shape index (κ2) is 8.06. The summed E-state index contributed by atoms with van der Waals surface area (Å²) in [6.45, 7) is 0.400. The topological polar surface area (TPSA) is 51.7 Å². The molecule has 0 spiro atoms. The monoisotopic (exact) mass is 370 g/mol. The van der Waals surface area contributed by atoms with Crippen LogP contribution in [0.5, 0.6) is 11.5 Å². The molecule has 1 heterocycles. The third-order valence-corrected chi connectivity index (χ3v) is 4.32. The maximum atomic E-state index is 12.3. The zero-order valence-electron chi connectivity index (χ0n) is 14.6. The Kier molecular flexibility index (Phi) is 5.58. The second-order valence-corrected chi connectivity index (χ2v) is 6.24. The molecule has 0 saturated carbocycles. The number of halogens is 1. The first-order chi connectivity index (χ1) is 12.6. The van der Waals surface area contributed by atoms with Crippen LogP contribution in [0.1, 0.15) is 5.56 Å². The smallest absolute Gasteiger partial charge is 0.260 e. The van der Waals surface area contributed by atoms with Crippen molar-refractivity contribution in [3.63, 3.8) is 0 Å². The van der Waals surface area contributed by atoms with Crippen LogP contribution in [0.15, 0.2) is 54.7 Å². The van der Waals surface area contributed by atoms with Gasteiger partial charge in [-0.3, -0.25) is 4.79 Å². The predicted molar refractivity (Wildman–Crippen MR) is 102 cm³/mol. The molecule has 5 nitrogen and oxygen atoms in total. The molecule has 26 heavy (non-hydrogen) atoms. The lowest BCUT2D eigenvalue weighted by atomic mass is 10.1. The molecule has 0 bridgehead atoms. The molecule has 134 valence electrons. The quantitative estimate of drug-likeness (QED) is 0.617. The Morgan fingerprint density at radius 3 is 2.69 bits per heavy atom. The summed E-state index contributed by atoms with van der Waals surface area (Å²) in [5, 5.41) is 2.44. The number of likely N-dealkylation sites (N-methyl/N-ethyl adjacent to an activating group) is 1. The number of methoxy groups -OCH3 is 1. The fourth-order valence-corrected chi connectivity index (χ4v) is 2.76. The van der Waals surface area contributed by atoms with E-state index in [9.17, 15) is 4.79 Å². The number of pyridine rings is 1. The standard InChI is InChI=1S/C20H19ClN2O3/c1-23(19(24)13-26-18-4-3-9-22-20(18)21)12-14-5-6-16-11-17(25-2)8-7-15(16)10-14/h3-11H,12-13H2,1-2H3. The van der Waals surface area contributed by atoms with Crippen LogP contribution in [0.25, 0.3) is 10.8 Å². The van der Waals surface area contributed by atoms with Gasteiger partial charge in [-0.2, -0.15) is 0 Å². The molecule has 2 aromatic carbocycles. The van der Waals surface area contributed by atoms with Gasteiger partial charge in [-0.05, 0) is 46.7 Å². The van der Waals surface area contributed by atoms with E-state index in [2.05, 4.69) is 11.1 Å². The summed E-state index contributed by atoms with van der Waals surface area (Å²) in [6.07, 6.45) is 1.57. The van der Waals surface area contributed by atoms with Crippen molar-refractivity contribution >= 4 is 28.3 Å². The molecule has 1 amide bonds. The Morgan fingerprint density at radius 2 is 1.92 bits per heavy atom. The van der Waals surface area contributed by atoms with Crippen LogP contribution < -0.4 is 9.47 Å². The lowest BCUT2D eigenvalue weighted by Crippen LogP contribution is -2.31. The number of hydrogen-bond acceptors (Lipinski definition) is 4. The van der Waals surface area contributed by atoms with Crippen molar-refractivity contribution in [2.24, 2.45) is 0 Å². The maximum absolute atomic E-state index is 12.3. The van der Waals surface area contributed by atoms with Gasteiger partial charge in [0.1, 0.15) is 5.75 Å². The van der Waals surface area contributed by atoms with Gasteiger partial charge in [0.25, 0.3) is 5.91 Å². The van der Waals surface area contributed by atoms with Crippen LogP contribution in [-0.2, 0) is 11.3 Å². The second-order valence-electron chi connectivity index (χ2n) is 5.88. The van der Waals surface area contributed by atoms with Gasteiger partial charge in [-0.15, -0.1) is 0 Å². The van der Waals surface area contributed by atoms with Crippen LogP contribution in [0.3, 0.4) is 0 Å². The molecule has 0 aliphatic carbocycles. The fourth-order valence-electron chi connectivity index (χ4n) is 2.59. The number of benzene rings is 2. The number of amides is 1. The van der Waals surface area contributed by atoms with Crippen molar-refractivity contribution in [1.82, 2.24) is 9.88 Å². The molecule has 6 heteroatoms. The van der Waals surface area contributed by atoms with Gasteiger partial charge in [0.2, 0.25) is 0 Å². The van der Waals surface area contributed by atoms with Crippen LogP contribution >= 0.6 is 11.6 Å². The summed E-state index contributed by atoms with van der Waals surface area (Å²) < 4.78 is 10.7. The first kappa shape index (κ1) is 18.0. The van der Waals surface area contributed by atoms with E-state index in [0.717, 1.165) is 22.1 Å². The summed E-state index contributed by atoms with van der Waals surface area (Å²) in [4.78, 5) is 17.8. The summed E-state index contributed by atoms with van der Waals surface area (Å²) >= 11 is 5.92. The minimum atomic E-state index is -0.139. The molecule has 3 aromatic rings. The molecular weight excluding hydrogens is 352 g/mol. The van der Waals surface area contributed by atoms with Crippen molar-refractivity contribution in [1.29, 1.82) is 0 Å². The predicted octanol–water partition coefficient (Wildman–Crippen LogP) is 3.93. The number of aromatic nitrogens is 1. The largest absolute Gasteiger partial charge is 0.497 e. The maximum Gasteiger partial charge on any atom is 0.260 e. The fraction of sp³-hybridized carbons (Fsp3) is 0.200. The molecule has 0 atom stereocenters. The average Bonchev–Trinajstić information content (AvgIpc) is 2.66. The van der Waals surface area contributed by atoms with Gasteiger partial charge in [-0.1, -0.05) is 29.8 Å². The van der Waals surface area contributed by atoms with Gasteiger partial charge in [-0.25, -0.2) is 4.98 Å². The van der Waals surface area contributed by atoms with Crippen molar-refractivity contribution in [3.05, 3.63) is 65.4 Å². The molecule has 0 aliphatic rings. The minimum absolute atomic E-state index is 0.0906. The average molecular weight is 371 g/mol. The van der Waals surface area contributed by atoms with E-state index in [1.807, 2.05) is 30.3 Å². The van der Waals surface area contributed by atoms with Crippen LogP contribution in [-0.4, -0.2) is 36.6 Å². The van der Waals surface area contributed by atoms with Crippen molar-refractivity contribution in [3.8, 4) is 11.5 Å². The molecule has 0 radical (unpaired) electrons. The van der Waals surface area contributed by atoms with Gasteiger partial charge < -0.3 is 14.4 Å². The van der Waals surface area contributed by atoms with Crippen LogP contribution in [0.4, 0.5) is 0 Å². The SMILES string of the molecule is COc1ccc2cc(CN(C)C(=O)COc3cccnc3Cl)ccc2c1. The summed E-state index contributed by atoms with van der Waals surface area (Å²) in [5.74, 6) is 1.08. The van der Waals surface area contributed by atoms with Crippen molar-refractivity contribution in [2.45, 2.75) is 6.54 Å². The van der Waals surface area contributed by atoms with E-state index in [0.29, 0.717) is 12.3 Å².